The van der Waals surface area contributed by atoms with Crippen molar-refractivity contribution in [3.05, 3.63) is 108 Å². The molecule has 176 valence electrons. The number of carbonyl (C=O) groups excluding carboxylic acids is 1. The molecule has 0 aliphatic carbocycles. The summed E-state index contributed by atoms with van der Waals surface area (Å²) in [6, 6.07) is 30.5. The summed E-state index contributed by atoms with van der Waals surface area (Å²) < 4.78 is 24.5. The van der Waals surface area contributed by atoms with Crippen molar-refractivity contribution >= 4 is 28.2 Å². The van der Waals surface area contributed by atoms with Gasteiger partial charge in [-0.05, 0) is 80.1 Å². The van der Waals surface area contributed by atoms with E-state index in [4.69, 9.17) is 9.47 Å². The van der Waals surface area contributed by atoms with Gasteiger partial charge in [-0.25, -0.2) is 9.18 Å². The predicted octanol–water partition coefficient (Wildman–Crippen LogP) is 6.84. The molecule has 0 atom stereocenters. The van der Waals surface area contributed by atoms with E-state index >= 15 is 0 Å². The highest BCUT2D eigenvalue weighted by Crippen LogP contribution is 2.44. The van der Waals surface area contributed by atoms with Crippen LogP contribution in [0.3, 0.4) is 0 Å². The van der Waals surface area contributed by atoms with Gasteiger partial charge in [-0.3, -0.25) is 0 Å². The Morgan fingerprint density at radius 1 is 0.829 bits per heavy atom. The first-order valence-electron chi connectivity index (χ1n) is 11.3. The molecule has 0 aromatic heterocycles. The van der Waals surface area contributed by atoms with E-state index in [2.05, 4.69) is 41.7 Å². The molecule has 0 bridgehead atoms. The quantitative estimate of drug-likeness (QED) is 0.211. The lowest BCUT2D eigenvalue weighted by atomic mass is 9.98. The molecule has 1 aliphatic rings. The monoisotopic (exact) mass is 486 g/mol. The molecule has 0 spiro atoms. The molecular formula is C29H25FNO3S+. The molecule has 0 saturated heterocycles. The maximum absolute atomic E-state index is 13.2. The lowest BCUT2D eigenvalue weighted by Crippen LogP contribution is -2.28. The Labute approximate surface area is 207 Å². The summed E-state index contributed by atoms with van der Waals surface area (Å²) in [4.78, 5) is 16.1. The van der Waals surface area contributed by atoms with Crippen LogP contribution in [0.1, 0.15) is 19.4 Å². The highest BCUT2D eigenvalue weighted by atomic mass is 32.2. The number of carbonyl (C=O) groups is 1. The van der Waals surface area contributed by atoms with Crippen LogP contribution < -0.4 is 10.1 Å². The Morgan fingerprint density at radius 2 is 1.40 bits per heavy atom. The molecule has 35 heavy (non-hydrogen) atoms. The molecule has 4 aromatic carbocycles. The number of anilines is 2. The van der Waals surface area contributed by atoms with Crippen molar-refractivity contribution in [3.8, 4) is 5.75 Å². The lowest BCUT2D eigenvalue weighted by molar-refractivity contribution is -0.159. The Balaban J connectivity index is 1.28. The zero-order valence-electron chi connectivity index (χ0n) is 19.5. The van der Waals surface area contributed by atoms with E-state index in [9.17, 15) is 9.18 Å². The first kappa shape index (κ1) is 23.0. The first-order valence-corrected chi connectivity index (χ1v) is 12.5. The number of nitrogens with one attached hydrogen (secondary N) is 1. The van der Waals surface area contributed by atoms with Crippen molar-refractivity contribution < 1.29 is 18.7 Å². The van der Waals surface area contributed by atoms with Gasteiger partial charge in [0.25, 0.3) is 0 Å². The molecular weight excluding hydrogens is 461 g/mol. The highest BCUT2D eigenvalue weighted by Gasteiger charge is 2.37. The fourth-order valence-corrected chi connectivity index (χ4v) is 6.31. The molecule has 1 heterocycles. The van der Waals surface area contributed by atoms with Crippen molar-refractivity contribution in [2.45, 2.75) is 34.1 Å². The van der Waals surface area contributed by atoms with Crippen molar-refractivity contribution in [2.75, 3.05) is 11.9 Å². The van der Waals surface area contributed by atoms with Crippen molar-refractivity contribution in [1.82, 2.24) is 0 Å². The van der Waals surface area contributed by atoms with E-state index in [-0.39, 0.29) is 23.3 Å². The van der Waals surface area contributed by atoms with Crippen molar-refractivity contribution in [3.63, 3.8) is 0 Å². The van der Waals surface area contributed by atoms with Crippen LogP contribution in [0.4, 0.5) is 15.8 Å². The maximum atomic E-state index is 13.2. The molecule has 0 amide bonds. The van der Waals surface area contributed by atoms with Crippen LogP contribution in [0.2, 0.25) is 0 Å². The SMILES string of the molecule is CC(C)(OC(=O)COc1ccc([S+]2c3ccccc3Nc3ccccc32)cc1)c1ccc(F)cc1. The molecule has 0 radical (unpaired) electrons. The number of esters is 1. The van der Waals surface area contributed by atoms with Crippen LogP contribution in [0, 0.1) is 5.82 Å². The number of rotatable bonds is 6. The number of para-hydroxylation sites is 2. The first-order chi connectivity index (χ1) is 16.9. The maximum Gasteiger partial charge on any atom is 0.345 e. The molecule has 1 aliphatic heterocycles. The Bertz CT molecular complexity index is 1310. The largest absolute Gasteiger partial charge is 0.482 e. The Kier molecular flexibility index (Phi) is 6.22. The number of benzene rings is 4. The second-order valence-corrected chi connectivity index (χ2v) is 10.6. The molecule has 1 N–H and O–H groups in total. The zero-order chi connectivity index (χ0) is 24.4. The second-order valence-electron chi connectivity index (χ2n) is 8.67. The van der Waals surface area contributed by atoms with E-state index in [0.717, 1.165) is 11.4 Å². The third-order valence-corrected chi connectivity index (χ3v) is 8.14. The summed E-state index contributed by atoms with van der Waals surface area (Å²) in [6.45, 7) is 3.32. The summed E-state index contributed by atoms with van der Waals surface area (Å²) >= 11 is 0. The number of fused-ring (bicyclic) bond motifs is 2. The van der Waals surface area contributed by atoms with Gasteiger partial charge in [-0.1, -0.05) is 36.4 Å². The van der Waals surface area contributed by atoms with Gasteiger partial charge in [0.15, 0.2) is 21.3 Å². The molecule has 0 fully saturated rings. The number of hydrogen-bond donors (Lipinski definition) is 1. The predicted molar refractivity (Wildman–Crippen MR) is 136 cm³/mol. The topological polar surface area (TPSA) is 47.6 Å². The molecule has 6 heteroatoms. The van der Waals surface area contributed by atoms with E-state index < -0.39 is 11.6 Å². The summed E-state index contributed by atoms with van der Waals surface area (Å²) in [6.07, 6.45) is 0. The van der Waals surface area contributed by atoms with Gasteiger partial charge in [-0.15, -0.1) is 0 Å². The smallest absolute Gasteiger partial charge is 0.345 e. The van der Waals surface area contributed by atoms with Crippen LogP contribution >= 0.6 is 0 Å². The zero-order valence-corrected chi connectivity index (χ0v) is 20.3. The van der Waals surface area contributed by atoms with Crippen LogP contribution in [0.5, 0.6) is 5.75 Å². The summed E-state index contributed by atoms with van der Waals surface area (Å²) in [7, 11) is -0.252. The van der Waals surface area contributed by atoms with Gasteiger partial charge >= 0.3 is 5.97 Å². The minimum absolute atomic E-state index is 0.217. The molecule has 0 unspecified atom stereocenters. The minimum Gasteiger partial charge on any atom is -0.482 e. The highest BCUT2D eigenvalue weighted by molar-refractivity contribution is 7.97. The average molecular weight is 487 g/mol. The van der Waals surface area contributed by atoms with E-state index in [1.54, 1.807) is 26.0 Å². The second kappa shape index (κ2) is 9.47. The van der Waals surface area contributed by atoms with Gasteiger partial charge in [-0.2, -0.15) is 0 Å². The summed E-state index contributed by atoms with van der Waals surface area (Å²) in [5.74, 6) is -0.239. The number of ether oxygens (including phenoxy) is 2. The van der Waals surface area contributed by atoms with Gasteiger partial charge in [0, 0.05) is 0 Å². The fourth-order valence-electron chi connectivity index (χ4n) is 4.05. The summed E-state index contributed by atoms with van der Waals surface area (Å²) in [5, 5.41) is 3.53. The van der Waals surface area contributed by atoms with Crippen molar-refractivity contribution in [2.24, 2.45) is 0 Å². The van der Waals surface area contributed by atoms with Gasteiger partial charge < -0.3 is 14.8 Å². The molecule has 5 rings (SSSR count). The average Bonchev–Trinajstić information content (AvgIpc) is 2.86. The Morgan fingerprint density at radius 3 is 2.00 bits per heavy atom. The van der Waals surface area contributed by atoms with Crippen LogP contribution in [-0.2, 0) is 26.0 Å². The lowest BCUT2D eigenvalue weighted by Gasteiger charge is -2.25. The molecule has 0 saturated carbocycles. The van der Waals surface area contributed by atoms with E-state index in [1.165, 1.54) is 26.8 Å². The fraction of sp³-hybridized carbons (Fsp3) is 0.138. The van der Waals surface area contributed by atoms with Gasteiger partial charge in [0.2, 0.25) is 0 Å². The van der Waals surface area contributed by atoms with Crippen LogP contribution in [0.25, 0.3) is 0 Å². The summed E-state index contributed by atoms with van der Waals surface area (Å²) in [5.41, 5.74) is 2.04. The molecule has 4 nitrogen and oxygen atoms in total. The normalized spacial score (nSPS) is 12.8. The minimum atomic E-state index is -0.894. The van der Waals surface area contributed by atoms with Gasteiger partial charge in [0.05, 0.1) is 11.4 Å². The number of hydrogen-bond acceptors (Lipinski definition) is 4. The van der Waals surface area contributed by atoms with Crippen molar-refractivity contribution in [1.29, 1.82) is 0 Å². The van der Waals surface area contributed by atoms with Crippen LogP contribution in [-0.4, -0.2) is 12.6 Å². The van der Waals surface area contributed by atoms with E-state index in [1.807, 2.05) is 36.4 Å². The standard InChI is InChI=1S/C29H25FNO3S/c1-29(2,20-11-13-21(30)14-12-20)34-28(32)19-33-22-15-17-23(18-16-22)35-26-9-5-3-7-24(26)31-25-8-4-6-10-27(25)35/h3-18,31H,19H2,1-2H3/q+1. The molecule has 4 aromatic rings. The third kappa shape index (κ3) is 4.88. The number of halogens is 1. The Hall–Kier alpha value is -3.77. The van der Waals surface area contributed by atoms with E-state index in [0.29, 0.717) is 11.3 Å². The van der Waals surface area contributed by atoms with Crippen LogP contribution in [0.15, 0.2) is 112 Å². The van der Waals surface area contributed by atoms with Gasteiger partial charge in [0.1, 0.15) is 28.1 Å². The third-order valence-electron chi connectivity index (χ3n) is 5.81.